The van der Waals surface area contributed by atoms with E-state index in [9.17, 15) is 22.8 Å². The van der Waals surface area contributed by atoms with Crippen molar-refractivity contribution >= 4 is 33.2 Å². The lowest BCUT2D eigenvalue weighted by atomic mass is 10.2. The summed E-state index contributed by atoms with van der Waals surface area (Å²) in [5, 5.41) is 5.13. The van der Waals surface area contributed by atoms with E-state index >= 15 is 0 Å². The molecular formula is C17H21N3O5S. The first kappa shape index (κ1) is 18.4. The average molecular weight is 379 g/mol. The van der Waals surface area contributed by atoms with Crippen molar-refractivity contribution in [2.24, 2.45) is 0 Å². The predicted octanol–water partition coefficient (Wildman–Crippen LogP) is -0.153. The number of carbonyl (C=O) groups is 3. The summed E-state index contributed by atoms with van der Waals surface area (Å²) in [4.78, 5) is 37.4. The van der Waals surface area contributed by atoms with Crippen LogP contribution in [-0.2, 0) is 19.4 Å². The summed E-state index contributed by atoms with van der Waals surface area (Å²) in [6, 6.07) is 6.25. The second-order valence-electron chi connectivity index (χ2n) is 6.55. The minimum Gasteiger partial charge on any atom is -0.351 e. The van der Waals surface area contributed by atoms with Crippen molar-refractivity contribution in [3.8, 4) is 0 Å². The van der Waals surface area contributed by atoms with E-state index in [1.807, 2.05) is 0 Å². The van der Waals surface area contributed by atoms with Crippen LogP contribution in [0.3, 0.4) is 0 Å². The number of sulfone groups is 1. The molecule has 3 amide bonds. The number of nitrogens with one attached hydrogen (secondary N) is 2. The molecule has 0 spiro atoms. The first-order valence-corrected chi connectivity index (χ1v) is 10.3. The van der Waals surface area contributed by atoms with E-state index in [4.69, 9.17) is 0 Å². The van der Waals surface area contributed by atoms with Crippen LogP contribution in [0.15, 0.2) is 24.3 Å². The monoisotopic (exact) mass is 379 g/mol. The van der Waals surface area contributed by atoms with E-state index in [0.717, 1.165) is 12.1 Å². The van der Waals surface area contributed by atoms with Crippen molar-refractivity contribution in [3.05, 3.63) is 29.8 Å². The van der Waals surface area contributed by atoms with Crippen molar-refractivity contribution in [2.45, 2.75) is 25.3 Å². The van der Waals surface area contributed by atoms with E-state index < -0.39 is 21.7 Å². The summed E-state index contributed by atoms with van der Waals surface area (Å²) in [5.41, 5.74) is 1.14. The van der Waals surface area contributed by atoms with Crippen LogP contribution < -0.4 is 15.5 Å². The lowest BCUT2D eigenvalue weighted by Crippen LogP contribution is -2.42. The van der Waals surface area contributed by atoms with Gasteiger partial charge in [-0.1, -0.05) is 0 Å². The number of hydrogen-bond acceptors (Lipinski definition) is 5. The highest BCUT2D eigenvalue weighted by Gasteiger charge is 2.28. The SMILES string of the molecule is O=C(CNC(=O)c1ccc(N2CCCC2=O)cc1)NC1CCS(=O)(=O)C1. The van der Waals surface area contributed by atoms with Gasteiger partial charge in [-0.3, -0.25) is 14.4 Å². The Bertz CT molecular complexity index is 819. The highest BCUT2D eigenvalue weighted by atomic mass is 32.2. The molecule has 1 aromatic carbocycles. The lowest BCUT2D eigenvalue weighted by Gasteiger charge is -2.16. The molecule has 2 saturated heterocycles. The minimum atomic E-state index is -3.06. The van der Waals surface area contributed by atoms with Gasteiger partial charge in [0, 0.05) is 30.3 Å². The summed E-state index contributed by atoms with van der Waals surface area (Å²) in [5.74, 6) is -0.717. The molecule has 26 heavy (non-hydrogen) atoms. The average Bonchev–Trinajstić information content (AvgIpc) is 3.18. The smallest absolute Gasteiger partial charge is 0.251 e. The van der Waals surface area contributed by atoms with Gasteiger partial charge < -0.3 is 15.5 Å². The van der Waals surface area contributed by atoms with Crippen molar-refractivity contribution in [1.29, 1.82) is 0 Å². The number of benzene rings is 1. The minimum absolute atomic E-state index is 0.0522. The highest BCUT2D eigenvalue weighted by molar-refractivity contribution is 7.91. The van der Waals surface area contributed by atoms with Crippen molar-refractivity contribution in [1.82, 2.24) is 10.6 Å². The Kier molecular flexibility index (Phi) is 5.26. The number of anilines is 1. The van der Waals surface area contributed by atoms with Crippen LogP contribution in [0.25, 0.3) is 0 Å². The van der Waals surface area contributed by atoms with Crippen LogP contribution in [0.5, 0.6) is 0 Å². The molecule has 1 aromatic rings. The summed E-state index contributed by atoms with van der Waals surface area (Å²) < 4.78 is 22.7. The number of carbonyl (C=O) groups excluding carboxylic acids is 3. The maximum absolute atomic E-state index is 12.1. The predicted molar refractivity (Wildman–Crippen MR) is 95.6 cm³/mol. The molecule has 0 aliphatic carbocycles. The first-order valence-electron chi connectivity index (χ1n) is 8.52. The molecule has 2 heterocycles. The molecule has 1 unspecified atom stereocenters. The van der Waals surface area contributed by atoms with Crippen molar-refractivity contribution in [3.63, 3.8) is 0 Å². The summed E-state index contributed by atoms with van der Waals surface area (Å²) in [7, 11) is -3.06. The van der Waals surface area contributed by atoms with Crippen LogP contribution in [0.4, 0.5) is 5.69 Å². The van der Waals surface area contributed by atoms with Crippen molar-refractivity contribution < 1.29 is 22.8 Å². The van der Waals surface area contributed by atoms with Gasteiger partial charge in [0.25, 0.3) is 5.91 Å². The Hall–Kier alpha value is -2.42. The van der Waals surface area contributed by atoms with Gasteiger partial charge in [-0.2, -0.15) is 0 Å². The standard InChI is InChI=1S/C17H21N3O5S/c21-15(19-13-7-9-26(24,25)11-13)10-18-17(23)12-3-5-14(6-4-12)20-8-1-2-16(20)22/h3-6,13H,1-2,7-11H2,(H,18,23)(H,19,21). The molecule has 2 aliphatic heterocycles. The molecule has 8 nitrogen and oxygen atoms in total. The van der Waals surface area contributed by atoms with Crippen LogP contribution in [0, 0.1) is 0 Å². The molecule has 0 bridgehead atoms. The Morgan fingerprint density at radius 1 is 1.19 bits per heavy atom. The van der Waals surface area contributed by atoms with Crippen molar-refractivity contribution in [2.75, 3.05) is 29.5 Å². The maximum atomic E-state index is 12.1. The van der Waals surface area contributed by atoms with E-state index in [-0.39, 0.29) is 30.0 Å². The number of amides is 3. The van der Waals surface area contributed by atoms with Gasteiger partial charge in [-0.25, -0.2) is 8.42 Å². The molecular weight excluding hydrogens is 358 g/mol. The Morgan fingerprint density at radius 3 is 2.50 bits per heavy atom. The molecule has 2 aliphatic rings. The third kappa shape index (κ3) is 4.40. The van der Waals surface area contributed by atoms with Gasteiger partial charge in [-0.05, 0) is 37.1 Å². The fourth-order valence-corrected chi connectivity index (χ4v) is 4.84. The Balaban J connectivity index is 1.48. The van der Waals surface area contributed by atoms with Gasteiger partial charge in [0.1, 0.15) is 0 Å². The molecule has 2 N–H and O–H groups in total. The largest absolute Gasteiger partial charge is 0.351 e. The Labute approximate surface area is 151 Å². The Morgan fingerprint density at radius 2 is 1.92 bits per heavy atom. The molecule has 2 fully saturated rings. The van der Waals surface area contributed by atoms with Crippen LogP contribution >= 0.6 is 0 Å². The zero-order valence-electron chi connectivity index (χ0n) is 14.2. The lowest BCUT2D eigenvalue weighted by molar-refractivity contribution is -0.120. The molecule has 0 radical (unpaired) electrons. The molecule has 0 saturated carbocycles. The number of hydrogen-bond donors (Lipinski definition) is 2. The summed E-state index contributed by atoms with van der Waals surface area (Å²) >= 11 is 0. The fraction of sp³-hybridized carbons (Fsp3) is 0.471. The van der Waals surface area contributed by atoms with E-state index in [2.05, 4.69) is 10.6 Å². The molecule has 140 valence electrons. The summed E-state index contributed by atoms with van der Waals surface area (Å²) in [6.07, 6.45) is 1.77. The van der Waals surface area contributed by atoms with Gasteiger partial charge >= 0.3 is 0 Å². The topological polar surface area (TPSA) is 113 Å². The normalized spacial score (nSPS) is 21.6. The van der Waals surface area contributed by atoms with Gasteiger partial charge in [0.05, 0.1) is 18.1 Å². The number of nitrogens with zero attached hydrogens (tertiary/aromatic N) is 1. The van der Waals surface area contributed by atoms with Gasteiger partial charge in [0.15, 0.2) is 9.84 Å². The second-order valence-corrected chi connectivity index (χ2v) is 8.77. The zero-order valence-corrected chi connectivity index (χ0v) is 15.0. The third-order valence-electron chi connectivity index (χ3n) is 4.52. The second kappa shape index (κ2) is 7.45. The van der Waals surface area contributed by atoms with Gasteiger partial charge in [0.2, 0.25) is 11.8 Å². The molecule has 3 rings (SSSR count). The summed E-state index contributed by atoms with van der Waals surface area (Å²) in [6.45, 7) is 0.461. The maximum Gasteiger partial charge on any atom is 0.251 e. The zero-order chi connectivity index (χ0) is 18.7. The molecule has 0 aromatic heterocycles. The number of rotatable bonds is 5. The molecule has 9 heteroatoms. The van der Waals surface area contributed by atoms with Crippen LogP contribution in [-0.4, -0.2) is 56.8 Å². The van der Waals surface area contributed by atoms with Crippen LogP contribution in [0.2, 0.25) is 0 Å². The third-order valence-corrected chi connectivity index (χ3v) is 6.29. The van der Waals surface area contributed by atoms with Gasteiger partial charge in [-0.15, -0.1) is 0 Å². The van der Waals surface area contributed by atoms with Crippen LogP contribution in [0.1, 0.15) is 29.6 Å². The highest BCUT2D eigenvalue weighted by Crippen LogP contribution is 2.21. The fourth-order valence-electron chi connectivity index (χ4n) is 3.16. The quantitative estimate of drug-likeness (QED) is 0.739. The van der Waals surface area contributed by atoms with E-state index in [0.29, 0.717) is 24.9 Å². The van der Waals surface area contributed by atoms with E-state index in [1.165, 1.54) is 0 Å². The molecule has 1 atom stereocenters. The van der Waals surface area contributed by atoms with E-state index in [1.54, 1.807) is 29.2 Å². The first-order chi connectivity index (χ1) is 12.3.